The number of nitrogens with zero attached hydrogens (tertiary/aromatic N) is 2. The number of halogens is 1. The second-order valence-electron chi connectivity index (χ2n) is 8.78. The fourth-order valence-corrected chi connectivity index (χ4v) is 6.20. The Morgan fingerprint density at radius 3 is 2.20 bits per heavy atom. The van der Waals surface area contributed by atoms with Gasteiger partial charge < -0.3 is 9.47 Å². The highest BCUT2D eigenvalue weighted by Gasteiger charge is 2.34. The zero-order valence-corrected chi connectivity index (χ0v) is 21.1. The molecule has 0 radical (unpaired) electrons. The van der Waals surface area contributed by atoms with Crippen molar-refractivity contribution in [3.63, 3.8) is 0 Å². The SMILES string of the molecule is COc1ccc(CN2CCC(N(c3ccc(F)cc3)S(=O)(=O)c3ccc(C)cc3)CC2)c(OC)c1. The molecule has 6 nitrogen and oxygen atoms in total. The molecule has 0 amide bonds. The largest absolute Gasteiger partial charge is 0.497 e. The van der Waals surface area contributed by atoms with Crippen LogP contribution in [0.15, 0.2) is 71.6 Å². The summed E-state index contributed by atoms with van der Waals surface area (Å²) in [6, 6.07) is 18.1. The van der Waals surface area contributed by atoms with Gasteiger partial charge in [-0.1, -0.05) is 23.8 Å². The van der Waals surface area contributed by atoms with Gasteiger partial charge in [-0.05, 0) is 62.2 Å². The molecule has 186 valence electrons. The summed E-state index contributed by atoms with van der Waals surface area (Å²) in [6.07, 6.45) is 1.31. The van der Waals surface area contributed by atoms with Crippen LogP contribution in [-0.2, 0) is 16.6 Å². The minimum absolute atomic E-state index is 0.234. The average molecular weight is 499 g/mol. The van der Waals surface area contributed by atoms with E-state index in [0.29, 0.717) is 25.1 Å². The predicted molar refractivity (Wildman–Crippen MR) is 135 cm³/mol. The Morgan fingerprint density at radius 1 is 0.943 bits per heavy atom. The highest BCUT2D eigenvalue weighted by molar-refractivity contribution is 7.92. The third kappa shape index (κ3) is 5.60. The molecule has 0 atom stereocenters. The zero-order valence-electron chi connectivity index (χ0n) is 20.3. The molecule has 1 aliphatic rings. The maximum Gasteiger partial charge on any atom is 0.264 e. The number of hydrogen-bond donors (Lipinski definition) is 0. The van der Waals surface area contributed by atoms with E-state index in [4.69, 9.17) is 9.47 Å². The number of sulfonamides is 1. The van der Waals surface area contributed by atoms with Gasteiger partial charge >= 0.3 is 0 Å². The molecule has 0 aliphatic carbocycles. The molecule has 35 heavy (non-hydrogen) atoms. The van der Waals surface area contributed by atoms with E-state index in [-0.39, 0.29) is 10.9 Å². The van der Waals surface area contributed by atoms with E-state index < -0.39 is 15.8 Å². The average Bonchev–Trinajstić information content (AvgIpc) is 2.87. The molecule has 3 aromatic carbocycles. The normalized spacial score (nSPS) is 15.1. The number of rotatable bonds is 8. The molecule has 3 aromatic rings. The van der Waals surface area contributed by atoms with Crippen molar-refractivity contribution in [3.8, 4) is 11.5 Å². The number of piperidine rings is 1. The van der Waals surface area contributed by atoms with Crippen molar-refractivity contribution in [1.82, 2.24) is 4.90 Å². The fraction of sp³-hybridized carbons (Fsp3) is 0.333. The highest BCUT2D eigenvalue weighted by Crippen LogP contribution is 2.32. The summed E-state index contributed by atoms with van der Waals surface area (Å²) in [6.45, 7) is 4.06. The van der Waals surface area contributed by atoms with E-state index in [0.717, 1.165) is 35.7 Å². The van der Waals surface area contributed by atoms with Gasteiger partial charge in [-0.15, -0.1) is 0 Å². The molecule has 4 rings (SSSR count). The van der Waals surface area contributed by atoms with Crippen molar-refractivity contribution in [2.24, 2.45) is 0 Å². The van der Waals surface area contributed by atoms with Crippen LogP contribution in [0.1, 0.15) is 24.0 Å². The van der Waals surface area contributed by atoms with E-state index >= 15 is 0 Å². The Kier molecular flexibility index (Phi) is 7.62. The van der Waals surface area contributed by atoms with Gasteiger partial charge in [-0.25, -0.2) is 12.8 Å². The quantitative estimate of drug-likeness (QED) is 0.437. The van der Waals surface area contributed by atoms with Gasteiger partial charge in [-0.2, -0.15) is 0 Å². The van der Waals surface area contributed by atoms with Crippen molar-refractivity contribution in [2.75, 3.05) is 31.6 Å². The van der Waals surface area contributed by atoms with Gasteiger partial charge in [0.1, 0.15) is 17.3 Å². The molecule has 0 spiro atoms. The van der Waals surface area contributed by atoms with Crippen molar-refractivity contribution in [1.29, 1.82) is 0 Å². The molecule has 0 aromatic heterocycles. The first-order valence-corrected chi connectivity index (χ1v) is 13.1. The third-order valence-corrected chi connectivity index (χ3v) is 8.33. The van der Waals surface area contributed by atoms with Gasteiger partial charge in [0.05, 0.1) is 24.8 Å². The smallest absolute Gasteiger partial charge is 0.264 e. The lowest BCUT2D eigenvalue weighted by molar-refractivity contribution is 0.204. The molecule has 1 aliphatic heterocycles. The molecule has 1 saturated heterocycles. The second-order valence-corrected chi connectivity index (χ2v) is 10.6. The number of aryl methyl sites for hydroxylation is 1. The van der Waals surface area contributed by atoms with Crippen LogP contribution in [0, 0.1) is 12.7 Å². The first-order valence-electron chi connectivity index (χ1n) is 11.6. The summed E-state index contributed by atoms with van der Waals surface area (Å²) < 4.78 is 53.4. The highest BCUT2D eigenvalue weighted by atomic mass is 32.2. The van der Waals surface area contributed by atoms with E-state index in [9.17, 15) is 12.8 Å². The van der Waals surface area contributed by atoms with E-state index in [1.165, 1.54) is 28.6 Å². The van der Waals surface area contributed by atoms with Crippen molar-refractivity contribution in [3.05, 3.63) is 83.7 Å². The van der Waals surface area contributed by atoms with E-state index in [2.05, 4.69) is 4.90 Å². The van der Waals surface area contributed by atoms with Crippen molar-refractivity contribution >= 4 is 15.7 Å². The number of hydrogen-bond acceptors (Lipinski definition) is 5. The first-order chi connectivity index (χ1) is 16.8. The lowest BCUT2D eigenvalue weighted by Gasteiger charge is -2.39. The molecule has 0 bridgehead atoms. The van der Waals surface area contributed by atoms with Crippen LogP contribution in [0.4, 0.5) is 10.1 Å². The summed E-state index contributed by atoms with van der Waals surface area (Å²) >= 11 is 0. The zero-order chi connectivity index (χ0) is 25.0. The van der Waals surface area contributed by atoms with Crippen LogP contribution >= 0.6 is 0 Å². The minimum Gasteiger partial charge on any atom is -0.497 e. The Hall–Kier alpha value is -3.10. The van der Waals surface area contributed by atoms with Gasteiger partial charge in [0, 0.05) is 37.3 Å². The van der Waals surface area contributed by atoms with Gasteiger partial charge in [-0.3, -0.25) is 9.21 Å². The number of benzene rings is 3. The number of anilines is 1. The summed E-state index contributed by atoms with van der Waals surface area (Å²) in [5.74, 6) is 1.10. The van der Waals surface area contributed by atoms with Crippen LogP contribution < -0.4 is 13.8 Å². The van der Waals surface area contributed by atoms with Gasteiger partial charge in [0.2, 0.25) is 0 Å². The summed E-state index contributed by atoms with van der Waals surface area (Å²) in [5.41, 5.74) is 2.51. The Bertz CT molecular complexity index is 1240. The predicted octanol–water partition coefficient (Wildman–Crippen LogP) is 5.01. The van der Waals surface area contributed by atoms with Gasteiger partial charge in [0.25, 0.3) is 10.0 Å². The lowest BCUT2D eigenvalue weighted by atomic mass is 10.0. The first kappa shape index (κ1) is 25.0. The lowest BCUT2D eigenvalue weighted by Crippen LogP contribution is -2.47. The number of ether oxygens (including phenoxy) is 2. The molecular weight excluding hydrogens is 467 g/mol. The number of likely N-dealkylation sites (tertiary alicyclic amines) is 1. The molecule has 0 saturated carbocycles. The topological polar surface area (TPSA) is 59.1 Å². The van der Waals surface area contributed by atoms with Crippen molar-refractivity contribution in [2.45, 2.75) is 37.2 Å². The monoisotopic (exact) mass is 498 g/mol. The van der Waals surface area contributed by atoms with Gasteiger partial charge in [0.15, 0.2) is 0 Å². The fourth-order valence-electron chi connectivity index (χ4n) is 4.49. The van der Waals surface area contributed by atoms with Crippen LogP contribution in [0.2, 0.25) is 0 Å². The summed E-state index contributed by atoms with van der Waals surface area (Å²) in [5, 5.41) is 0. The Morgan fingerprint density at radius 2 is 1.60 bits per heavy atom. The minimum atomic E-state index is -3.82. The number of methoxy groups -OCH3 is 2. The molecule has 1 fully saturated rings. The Balaban J connectivity index is 1.55. The molecular formula is C27H31FN2O4S. The van der Waals surface area contributed by atoms with Crippen molar-refractivity contribution < 1.29 is 22.3 Å². The molecule has 0 N–H and O–H groups in total. The molecule has 1 heterocycles. The Labute approximate surface area is 206 Å². The van der Waals surface area contributed by atoms with E-state index in [1.54, 1.807) is 38.5 Å². The van der Waals surface area contributed by atoms with Crippen LogP contribution in [0.5, 0.6) is 11.5 Å². The van der Waals surface area contributed by atoms with Crippen LogP contribution in [0.3, 0.4) is 0 Å². The summed E-state index contributed by atoms with van der Waals surface area (Å²) in [4.78, 5) is 2.53. The molecule has 8 heteroatoms. The maximum absolute atomic E-state index is 13.7. The summed E-state index contributed by atoms with van der Waals surface area (Å²) in [7, 11) is -0.558. The standard InChI is InChI=1S/C27H31FN2O4S/c1-20-4-12-26(13-5-20)35(31,32)30(23-9-7-22(28)8-10-23)24-14-16-29(17-15-24)19-21-6-11-25(33-2)18-27(21)34-3/h4-13,18,24H,14-17,19H2,1-3H3. The maximum atomic E-state index is 13.7. The van der Waals surface area contributed by atoms with Crippen LogP contribution in [-0.4, -0.2) is 46.7 Å². The third-order valence-electron chi connectivity index (χ3n) is 6.44. The van der Waals surface area contributed by atoms with E-state index in [1.807, 2.05) is 25.1 Å². The molecule has 0 unspecified atom stereocenters. The second kappa shape index (κ2) is 10.7. The van der Waals surface area contributed by atoms with Crippen LogP contribution in [0.25, 0.3) is 0 Å².